The lowest BCUT2D eigenvalue weighted by atomic mass is 9.95. The smallest absolute Gasteiger partial charge is 0.231 e. The highest BCUT2D eigenvalue weighted by molar-refractivity contribution is 5.96. The molecule has 0 saturated carbocycles. The number of nitrogens with zero attached hydrogens (tertiary/aromatic N) is 1. The fourth-order valence-corrected chi connectivity index (χ4v) is 2.96. The predicted molar refractivity (Wildman–Crippen MR) is 103 cm³/mol. The molecule has 0 spiro atoms. The van der Waals surface area contributed by atoms with Crippen LogP contribution in [0.4, 0.5) is 5.69 Å². The van der Waals surface area contributed by atoms with Crippen molar-refractivity contribution in [3.05, 3.63) is 84.2 Å². The summed E-state index contributed by atoms with van der Waals surface area (Å²) in [7, 11) is 0. The molecule has 1 heterocycles. The maximum atomic E-state index is 12.6. The van der Waals surface area contributed by atoms with E-state index < -0.39 is 0 Å². The van der Waals surface area contributed by atoms with Gasteiger partial charge in [-0.15, -0.1) is 0 Å². The molecule has 2 aromatic carbocycles. The first-order valence-corrected chi connectivity index (χ1v) is 8.56. The van der Waals surface area contributed by atoms with E-state index in [1.54, 1.807) is 0 Å². The number of nitrogens with one attached hydrogen (secondary N) is 1. The molecule has 0 radical (unpaired) electrons. The van der Waals surface area contributed by atoms with Crippen LogP contribution in [0.25, 0.3) is 11.1 Å². The number of amides is 1. The van der Waals surface area contributed by atoms with Crippen molar-refractivity contribution in [2.45, 2.75) is 26.2 Å². The highest BCUT2D eigenvalue weighted by atomic mass is 16.1. The van der Waals surface area contributed by atoms with Crippen LogP contribution in [0.3, 0.4) is 0 Å². The third-order valence-electron chi connectivity index (χ3n) is 4.31. The van der Waals surface area contributed by atoms with Gasteiger partial charge in [0, 0.05) is 17.6 Å². The van der Waals surface area contributed by atoms with Crippen LogP contribution in [0, 0.1) is 6.92 Å². The molecule has 1 amide bonds. The molecule has 1 aromatic heterocycles. The van der Waals surface area contributed by atoms with Gasteiger partial charge in [0.2, 0.25) is 5.91 Å². The quantitative estimate of drug-likeness (QED) is 0.699. The molecular weight excluding hydrogens is 308 g/mol. The molecule has 126 valence electrons. The second kappa shape index (κ2) is 7.75. The third-order valence-corrected chi connectivity index (χ3v) is 4.31. The van der Waals surface area contributed by atoms with Gasteiger partial charge in [-0.1, -0.05) is 49.4 Å². The van der Waals surface area contributed by atoms with E-state index in [-0.39, 0.29) is 11.8 Å². The summed E-state index contributed by atoms with van der Waals surface area (Å²) in [5.74, 6) is -0.107. The molecule has 3 nitrogen and oxygen atoms in total. The normalized spacial score (nSPS) is 11.8. The van der Waals surface area contributed by atoms with Crippen LogP contribution < -0.4 is 5.32 Å². The van der Waals surface area contributed by atoms with Gasteiger partial charge in [0.25, 0.3) is 0 Å². The van der Waals surface area contributed by atoms with Crippen LogP contribution in [0.15, 0.2) is 72.9 Å². The highest BCUT2D eigenvalue weighted by Crippen LogP contribution is 2.24. The summed E-state index contributed by atoms with van der Waals surface area (Å²) in [5.41, 5.74) is 5.09. The number of hydrogen-bond donors (Lipinski definition) is 1. The van der Waals surface area contributed by atoms with Crippen LogP contribution in [0.1, 0.15) is 30.5 Å². The Morgan fingerprint density at radius 2 is 1.72 bits per heavy atom. The second-order valence-corrected chi connectivity index (χ2v) is 6.12. The average Bonchev–Trinajstić information content (AvgIpc) is 2.64. The van der Waals surface area contributed by atoms with Crippen molar-refractivity contribution in [3.63, 3.8) is 0 Å². The van der Waals surface area contributed by atoms with Crippen LogP contribution in [-0.4, -0.2) is 10.9 Å². The summed E-state index contributed by atoms with van der Waals surface area (Å²) in [6.45, 7) is 4.01. The fraction of sp³-hybridized carbons (Fsp3) is 0.182. The molecule has 3 heteroatoms. The Labute approximate surface area is 148 Å². The summed E-state index contributed by atoms with van der Waals surface area (Å²) in [6.07, 6.45) is 2.58. The SMILES string of the molecule is CCC(C(=O)Nc1ccc(-c2ccnc(C)c2)cc1)c1ccccc1. The average molecular weight is 330 g/mol. The minimum atomic E-state index is -0.135. The largest absolute Gasteiger partial charge is 0.326 e. The van der Waals surface area contributed by atoms with Crippen molar-refractivity contribution in [1.82, 2.24) is 4.98 Å². The second-order valence-electron chi connectivity index (χ2n) is 6.12. The van der Waals surface area contributed by atoms with Crippen molar-refractivity contribution in [2.75, 3.05) is 5.32 Å². The molecule has 0 aliphatic heterocycles. The monoisotopic (exact) mass is 330 g/mol. The molecule has 3 aromatic rings. The number of pyridine rings is 1. The van der Waals surface area contributed by atoms with Crippen LogP contribution in [-0.2, 0) is 4.79 Å². The van der Waals surface area contributed by atoms with E-state index in [2.05, 4.69) is 16.4 Å². The first-order valence-electron chi connectivity index (χ1n) is 8.56. The molecule has 1 unspecified atom stereocenters. The van der Waals surface area contributed by atoms with Gasteiger partial charge < -0.3 is 5.32 Å². The van der Waals surface area contributed by atoms with Gasteiger partial charge in [0.15, 0.2) is 0 Å². The number of aryl methyl sites for hydroxylation is 1. The van der Waals surface area contributed by atoms with Crippen molar-refractivity contribution >= 4 is 11.6 Å². The lowest BCUT2D eigenvalue weighted by Crippen LogP contribution is -2.20. The van der Waals surface area contributed by atoms with Gasteiger partial charge in [-0.05, 0) is 54.3 Å². The molecule has 0 aliphatic rings. The van der Waals surface area contributed by atoms with Gasteiger partial charge in [0.1, 0.15) is 0 Å². The van der Waals surface area contributed by atoms with Gasteiger partial charge in [-0.25, -0.2) is 0 Å². The Kier molecular flexibility index (Phi) is 5.24. The van der Waals surface area contributed by atoms with E-state index in [9.17, 15) is 4.79 Å². The van der Waals surface area contributed by atoms with Gasteiger partial charge >= 0.3 is 0 Å². The molecule has 1 atom stereocenters. The molecule has 0 fully saturated rings. The Morgan fingerprint density at radius 1 is 1.00 bits per heavy atom. The number of carbonyl (C=O) groups excluding carboxylic acids is 1. The van der Waals surface area contributed by atoms with Gasteiger partial charge in [0.05, 0.1) is 5.92 Å². The summed E-state index contributed by atoms with van der Waals surface area (Å²) < 4.78 is 0. The molecule has 25 heavy (non-hydrogen) atoms. The third kappa shape index (κ3) is 4.13. The van der Waals surface area contributed by atoms with E-state index in [0.717, 1.165) is 34.5 Å². The molecule has 3 rings (SSSR count). The van der Waals surface area contributed by atoms with E-state index >= 15 is 0 Å². The maximum absolute atomic E-state index is 12.6. The molecular formula is C22H22N2O. The fourth-order valence-electron chi connectivity index (χ4n) is 2.96. The summed E-state index contributed by atoms with van der Waals surface area (Å²) in [6, 6.07) is 21.9. The number of benzene rings is 2. The van der Waals surface area contributed by atoms with Crippen molar-refractivity contribution < 1.29 is 4.79 Å². The molecule has 0 aliphatic carbocycles. The van der Waals surface area contributed by atoms with E-state index in [1.165, 1.54) is 0 Å². The first-order chi connectivity index (χ1) is 12.2. The van der Waals surface area contributed by atoms with Crippen LogP contribution in [0.5, 0.6) is 0 Å². The maximum Gasteiger partial charge on any atom is 0.231 e. The van der Waals surface area contributed by atoms with E-state index in [0.29, 0.717) is 0 Å². The summed E-state index contributed by atoms with van der Waals surface area (Å²) >= 11 is 0. The lowest BCUT2D eigenvalue weighted by molar-refractivity contribution is -0.117. The summed E-state index contributed by atoms with van der Waals surface area (Å²) in [5, 5.41) is 3.03. The molecule has 0 bridgehead atoms. The lowest BCUT2D eigenvalue weighted by Gasteiger charge is -2.15. The first kappa shape index (κ1) is 16.9. The minimum Gasteiger partial charge on any atom is -0.326 e. The van der Waals surface area contributed by atoms with Crippen LogP contribution in [0.2, 0.25) is 0 Å². The zero-order chi connectivity index (χ0) is 17.6. The van der Waals surface area contributed by atoms with Crippen LogP contribution >= 0.6 is 0 Å². The van der Waals surface area contributed by atoms with Crippen molar-refractivity contribution in [2.24, 2.45) is 0 Å². The van der Waals surface area contributed by atoms with Gasteiger partial charge in [-0.3, -0.25) is 9.78 Å². The Balaban J connectivity index is 1.73. The topological polar surface area (TPSA) is 42.0 Å². The van der Waals surface area contributed by atoms with E-state index in [1.807, 2.05) is 80.7 Å². The molecule has 1 N–H and O–H groups in total. The van der Waals surface area contributed by atoms with E-state index in [4.69, 9.17) is 0 Å². The Bertz CT molecular complexity index is 841. The number of carbonyl (C=O) groups is 1. The predicted octanol–water partition coefficient (Wildman–Crippen LogP) is 5.19. The zero-order valence-electron chi connectivity index (χ0n) is 14.6. The zero-order valence-corrected chi connectivity index (χ0v) is 14.6. The number of aromatic nitrogens is 1. The molecule has 0 saturated heterocycles. The van der Waals surface area contributed by atoms with Crippen molar-refractivity contribution in [3.8, 4) is 11.1 Å². The standard InChI is InChI=1S/C22H22N2O/c1-3-21(18-7-5-4-6-8-18)22(25)24-20-11-9-17(10-12-20)19-13-14-23-16(2)15-19/h4-15,21H,3H2,1-2H3,(H,24,25). The number of rotatable bonds is 5. The highest BCUT2D eigenvalue weighted by Gasteiger charge is 2.18. The van der Waals surface area contributed by atoms with Gasteiger partial charge in [-0.2, -0.15) is 0 Å². The number of hydrogen-bond acceptors (Lipinski definition) is 2. The summed E-state index contributed by atoms with van der Waals surface area (Å²) in [4.78, 5) is 16.8. The van der Waals surface area contributed by atoms with Crippen molar-refractivity contribution in [1.29, 1.82) is 0 Å². The minimum absolute atomic E-state index is 0.0289. The Hall–Kier alpha value is -2.94. The Morgan fingerprint density at radius 3 is 2.36 bits per heavy atom. The number of anilines is 1.